The van der Waals surface area contributed by atoms with E-state index in [9.17, 15) is 0 Å². The molecular weight excluding hydrogens is 236 g/mol. The van der Waals surface area contributed by atoms with E-state index in [1.165, 1.54) is 5.56 Å². The SMILES string of the molecule is CN1CC2c3ccccc3Oc3cccnc3C2C1. The third kappa shape index (κ3) is 1.65. The van der Waals surface area contributed by atoms with Crippen LogP contribution in [0, 0.1) is 0 Å². The lowest BCUT2D eigenvalue weighted by Gasteiger charge is -2.15. The highest BCUT2D eigenvalue weighted by Gasteiger charge is 2.39. The first-order chi connectivity index (χ1) is 9.33. The Balaban J connectivity index is 1.93. The third-order valence-corrected chi connectivity index (χ3v) is 4.19. The molecule has 1 fully saturated rings. The van der Waals surface area contributed by atoms with Crippen LogP contribution in [0.1, 0.15) is 23.1 Å². The third-order valence-electron chi connectivity index (χ3n) is 4.19. The Morgan fingerprint density at radius 1 is 1.05 bits per heavy atom. The van der Waals surface area contributed by atoms with Crippen molar-refractivity contribution < 1.29 is 4.74 Å². The van der Waals surface area contributed by atoms with E-state index < -0.39 is 0 Å². The molecule has 1 aromatic carbocycles. The number of aromatic nitrogens is 1. The van der Waals surface area contributed by atoms with Crippen LogP contribution in [0.5, 0.6) is 11.5 Å². The number of rotatable bonds is 0. The number of fused-ring (bicyclic) bond motifs is 5. The normalized spacial score (nSPS) is 24.9. The molecule has 0 N–H and O–H groups in total. The highest BCUT2D eigenvalue weighted by Crippen LogP contribution is 2.48. The summed E-state index contributed by atoms with van der Waals surface area (Å²) in [7, 11) is 2.18. The molecule has 0 bridgehead atoms. The van der Waals surface area contributed by atoms with Crippen molar-refractivity contribution in [3.8, 4) is 11.5 Å². The van der Waals surface area contributed by atoms with Crippen molar-refractivity contribution in [2.45, 2.75) is 11.8 Å². The van der Waals surface area contributed by atoms with Crippen molar-refractivity contribution in [3.63, 3.8) is 0 Å². The van der Waals surface area contributed by atoms with Crippen LogP contribution in [-0.4, -0.2) is 30.0 Å². The Bertz CT molecular complexity index is 572. The molecule has 0 radical (unpaired) electrons. The van der Waals surface area contributed by atoms with E-state index in [-0.39, 0.29) is 0 Å². The van der Waals surface area contributed by atoms with Crippen LogP contribution in [-0.2, 0) is 0 Å². The minimum atomic E-state index is 0.435. The van der Waals surface area contributed by atoms with Gasteiger partial charge < -0.3 is 9.64 Å². The molecule has 0 saturated carbocycles. The summed E-state index contributed by atoms with van der Waals surface area (Å²) in [5.41, 5.74) is 2.42. The quantitative estimate of drug-likeness (QED) is 0.720. The van der Waals surface area contributed by atoms with E-state index in [0.29, 0.717) is 11.8 Å². The number of likely N-dealkylation sites (tertiary alicyclic amines) is 1. The van der Waals surface area contributed by atoms with Crippen LogP contribution >= 0.6 is 0 Å². The summed E-state index contributed by atoms with van der Waals surface area (Å²) in [6, 6.07) is 12.4. The molecular formula is C16H16N2O. The predicted molar refractivity (Wildman–Crippen MR) is 73.7 cm³/mol. The van der Waals surface area contributed by atoms with E-state index in [0.717, 1.165) is 30.3 Å². The van der Waals surface area contributed by atoms with Gasteiger partial charge in [0.15, 0.2) is 0 Å². The fraction of sp³-hybridized carbons (Fsp3) is 0.312. The molecule has 2 unspecified atom stereocenters. The average Bonchev–Trinajstić information content (AvgIpc) is 2.76. The molecule has 0 aliphatic carbocycles. The summed E-state index contributed by atoms with van der Waals surface area (Å²) in [5, 5.41) is 0. The molecule has 96 valence electrons. The summed E-state index contributed by atoms with van der Waals surface area (Å²) < 4.78 is 6.09. The maximum atomic E-state index is 6.09. The van der Waals surface area contributed by atoms with Gasteiger partial charge in [0, 0.05) is 31.1 Å². The summed E-state index contributed by atoms with van der Waals surface area (Å²) in [5.74, 6) is 2.82. The number of benzene rings is 1. The molecule has 4 rings (SSSR count). The van der Waals surface area contributed by atoms with Crippen molar-refractivity contribution >= 4 is 0 Å². The standard InChI is InChI=1S/C16H16N2O/c1-18-9-12-11-5-2-3-6-14(11)19-15-7-4-8-17-16(15)13(12)10-18/h2-8,12-13H,9-10H2,1H3. The van der Waals surface area contributed by atoms with Crippen LogP contribution in [0.4, 0.5) is 0 Å². The van der Waals surface area contributed by atoms with Gasteiger partial charge in [-0.05, 0) is 30.8 Å². The largest absolute Gasteiger partial charge is 0.455 e. The maximum Gasteiger partial charge on any atom is 0.149 e. The lowest BCUT2D eigenvalue weighted by atomic mass is 9.86. The molecule has 3 heterocycles. The molecule has 2 aromatic rings. The number of pyridine rings is 1. The molecule has 2 atom stereocenters. The Labute approximate surface area is 112 Å². The van der Waals surface area contributed by atoms with E-state index in [1.807, 2.05) is 24.4 Å². The van der Waals surface area contributed by atoms with Gasteiger partial charge in [-0.3, -0.25) is 4.98 Å². The summed E-state index contributed by atoms with van der Waals surface area (Å²) in [6.45, 7) is 2.12. The van der Waals surface area contributed by atoms with Gasteiger partial charge in [0.25, 0.3) is 0 Å². The molecule has 0 spiro atoms. The van der Waals surface area contributed by atoms with Gasteiger partial charge >= 0.3 is 0 Å². The zero-order valence-electron chi connectivity index (χ0n) is 10.9. The van der Waals surface area contributed by atoms with Gasteiger partial charge in [-0.15, -0.1) is 0 Å². The van der Waals surface area contributed by atoms with Crippen molar-refractivity contribution in [2.75, 3.05) is 20.1 Å². The topological polar surface area (TPSA) is 25.4 Å². The number of hydrogen-bond acceptors (Lipinski definition) is 3. The zero-order chi connectivity index (χ0) is 12.8. The Hall–Kier alpha value is -1.87. The average molecular weight is 252 g/mol. The summed E-state index contributed by atoms with van der Waals surface area (Å²) >= 11 is 0. The van der Waals surface area contributed by atoms with E-state index in [1.54, 1.807) is 0 Å². The van der Waals surface area contributed by atoms with Crippen molar-refractivity contribution in [2.24, 2.45) is 0 Å². The highest BCUT2D eigenvalue weighted by atomic mass is 16.5. The Morgan fingerprint density at radius 3 is 2.79 bits per heavy atom. The van der Waals surface area contributed by atoms with Crippen LogP contribution in [0.3, 0.4) is 0 Å². The minimum absolute atomic E-state index is 0.435. The molecule has 0 amide bonds. The van der Waals surface area contributed by atoms with Gasteiger partial charge in [-0.2, -0.15) is 0 Å². The fourth-order valence-corrected chi connectivity index (χ4v) is 3.36. The lowest BCUT2D eigenvalue weighted by Crippen LogP contribution is -2.14. The predicted octanol–water partition coefficient (Wildman–Crippen LogP) is 3.00. The monoisotopic (exact) mass is 252 g/mol. The first-order valence-corrected chi connectivity index (χ1v) is 6.73. The first-order valence-electron chi connectivity index (χ1n) is 6.73. The molecule has 3 nitrogen and oxygen atoms in total. The first kappa shape index (κ1) is 11.0. The second-order valence-corrected chi connectivity index (χ2v) is 5.46. The fourth-order valence-electron chi connectivity index (χ4n) is 3.36. The lowest BCUT2D eigenvalue weighted by molar-refractivity contribution is 0.400. The number of ether oxygens (including phenoxy) is 1. The van der Waals surface area contributed by atoms with Crippen molar-refractivity contribution in [1.82, 2.24) is 9.88 Å². The van der Waals surface area contributed by atoms with E-state index >= 15 is 0 Å². The smallest absolute Gasteiger partial charge is 0.149 e. The Morgan fingerprint density at radius 2 is 1.84 bits per heavy atom. The Kier molecular flexibility index (Phi) is 2.35. The second-order valence-electron chi connectivity index (χ2n) is 5.46. The number of nitrogens with zero attached hydrogens (tertiary/aromatic N) is 2. The molecule has 1 saturated heterocycles. The van der Waals surface area contributed by atoms with Gasteiger partial charge in [0.2, 0.25) is 0 Å². The molecule has 3 heteroatoms. The van der Waals surface area contributed by atoms with Crippen molar-refractivity contribution in [1.29, 1.82) is 0 Å². The second kappa shape index (κ2) is 4.07. The van der Waals surface area contributed by atoms with E-state index in [2.05, 4.69) is 35.1 Å². The summed E-state index contributed by atoms with van der Waals surface area (Å²) in [4.78, 5) is 6.97. The number of hydrogen-bond donors (Lipinski definition) is 0. The van der Waals surface area contributed by atoms with Crippen LogP contribution < -0.4 is 4.74 Å². The van der Waals surface area contributed by atoms with Gasteiger partial charge in [0.1, 0.15) is 11.5 Å². The number of para-hydroxylation sites is 1. The minimum Gasteiger partial charge on any atom is -0.455 e. The van der Waals surface area contributed by atoms with Gasteiger partial charge in [-0.25, -0.2) is 0 Å². The maximum absolute atomic E-state index is 6.09. The van der Waals surface area contributed by atoms with Gasteiger partial charge in [-0.1, -0.05) is 18.2 Å². The molecule has 19 heavy (non-hydrogen) atoms. The molecule has 2 aliphatic heterocycles. The van der Waals surface area contributed by atoms with Crippen LogP contribution in [0.25, 0.3) is 0 Å². The van der Waals surface area contributed by atoms with Crippen molar-refractivity contribution in [3.05, 3.63) is 53.9 Å². The van der Waals surface area contributed by atoms with Crippen LogP contribution in [0.15, 0.2) is 42.6 Å². The van der Waals surface area contributed by atoms with E-state index in [4.69, 9.17) is 4.74 Å². The highest BCUT2D eigenvalue weighted by molar-refractivity contribution is 5.48. The van der Waals surface area contributed by atoms with Crippen LogP contribution in [0.2, 0.25) is 0 Å². The van der Waals surface area contributed by atoms with Gasteiger partial charge in [0.05, 0.1) is 5.69 Å². The zero-order valence-corrected chi connectivity index (χ0v) is 10.9. The molecule has 2 aliphatic rings. The number of likely N-dealkylation sites (N-methyl/N-ethyl adjacent to an activating group) is 1. The summed E-state index contributed by atoms with van der Waals surface area (Å²) in [6.07, 6.45) is 1.87. The molecule has 1 aromatic heterocycles.